The third kappa shape index (κ3) is 5.05. The first-order valence-corrected chi connectivity index (χ1v) is 8.18. The summed E-state index contributed by atoms with van der Waals surface area (Å²) in [5, 5.41) is 23.1. The number of hydrogen-bond donors (Lipinski definition) is 1. The quantitative estimate of drug-likeness (QED) is 0.443. The third-order valence-electron chi connectivity index (χ3n) is 3.81. The highest BCUT2D eigenvalue weighted by Crippen LogP contribution is 2.26. The van der Waals surface area contributed by atoms with E-state index in [-0.39, 0.29) is 36.1 Å². The van der Waals surface area contributed by atoms with E-state index in [9.17, 15) is 14.9 Å². The predicted octanol–water partition coefficient (Wildman–Crippen LogP) is 3.30. The molecule has 1 atom stereocenters. The summed E-state index contributed by atoms with van der Waals surface area (Å²) in [5.74, 6) is -0.854. The maximum atomic E-state index is 12.2. The van der Waals surface area contributed by atoms with Crippen LogP contribution in [0.15, 0.2) is 48.5 Å². The van der Waals surface area contributed by atoms with E-state index in [0.717, 1.165) is 5.56 Å². The van der Waals surface area contributed by atoms with Crippen LogP contribution >= 0.6 is 0 Å². The van der Waals surface area contributed by atoms with Gasteiger partial charge in [0.25, 0.3) is 5.69 Å². The molecular weight excluding hydrogens is 334 g/mol. The number of esters is 1. The first kappa shape index (κ1) is 18.9. The summed E-state index contributed by atoms with van der Waals surface area (Å²) in [6.45, 7) is 2.18. The minimum absolute atomic E-state index is 0.181. The van der Waals surface area contributed by atoms with Crippen LogP contribution in [-0.2, 0) is 16.0 Å². The van der Waals surface area contributed by atoms with Gasteiger partial charge in [-0.15, -0.1) is 0 Å². The lowest BCUT2D eigenvalue weighted by molar-refractivity contribution is -0.384. The molecule has 2 rings (SSSR count). The Bertz CT molecular complexity index is 815. The lowest BCUT2D eigenvalue weighted by Gasteiger charge is -2.17. The van der Waals surface area contributed by atoms with Crippen molar-refractivity contribution in [2.45, 2.75) is 13.3 Å². The fraction of sp³-hybridized carbons (Fsp3) is 0.263. The molecule has 1 N–H and O–H groups in total. The molecule has 0 heterocycles. The van der Waals surface area contributed by atoms with E-state index in [2.05, 4.69) is 5.32 Å². The largest absolute Gasteiger partial charge is 0.466 e. The number of nitrogens with zero attached hydrogens (tertiary/aromatic N) is 2. The van der Waals surface area contributed by atoms with Gasteiger partial charge in [0.1, 0.15) is 5.69 Å². The van der Waals surface area contributed by atoms with Crippen molar-refractivity contribution in [1.29, 1.82) is 5.26 Å². The Morgan fingerprint density at radius 2 is 2.04 bits per heavy atom. The molecular formula is C19H19N3O4. The number of nitriles is 1. The Hall–Kier alpha value is -3.40. The van der Waals surface area contributed by atoms with Gasteiger partial charge in [0.15, 0.2) is 0 Å². The van der Waals surface area contributed by atoms with Crippen molar-refractivity contribution < 1.29 is 14.5 Å². The molecule has 7 heteroatoms. The van der Waals surface area contributed by atoms with Crippen molar-refractivity contribution in [2.75, 3.05) is 18.5 Å². The van der Waals surface area contributed by atoms with Gasteiger partial charge in [-0.05, 0) is 31.0 Å². The number of rotatable bonds is 8. The Morgan fingerprint density at radius 1 is 1.31 bits per heavy atom. The van der Waals surface area contributed by atoms with Crippen LogP contribution in [0.1, 0.15) is 18.1 Å². The van der Waals surface area contributed by atoms with Gasteiger partial charge in [-0.3, -0.25) is 14.9 Å². The smallest absolute Gasteiger partial charge is 0.311 e. The highest BCUT2D eigenvalue weighted by atomic mass is 16.6. The molecule has 0 saturated heterocycles. The minimum atomic E-state index is -0.556. The first-order valence-electron chi connectivity index (χ1n) is 8.18. The molecule has 0 aliphatic carbocycles. The Kier molecular flexibility index (Phi) is 6.68. The maximum Gasteiger partial charge on any atom is 0.311 e. The van der Waals surface area contributed by atoms with Gasteiger partial charge in [0.05, 0.1) is 29.1 Å². The molecule has 7 nitrogen and oxygen atoms in total. The Balaban J connectivity index is 2.17. The summed E-state index contributed by atoms with van der Waals surface area (Å²) in [6, 6.07) is 15.5. The molecule has 26 heavy (non-hydrogen) atoms. The number of nitro benzene ring substituents is 1. The highest BCUT2D eigenvalue weighted by Gasteiger charge is 2.22. The van der Waals surface area contributed by atoms with Gasteiger partial charge < -0.3 is 10.1 Å². The summed E-state index contributed by atoms with van der Waals surface area (Å²) >= 11 is 0. The molecule has 0 radical (unpaired) electrons. The SMILES string of the molecule is CCOC(=O)C(CNc1ccc(C#N)cc1[N+](=O)[O-])Cc1ccccc1. The van der Waals surface area contributed by atoms with Gasteiger partial charge in [-0.1, -0.05) is 30.3 Å². The highest BCUT2D eigenvalue weighted by molar-refractivity contribution is 5.74. The van der Waals surface area contributed by atoms with Crippen molar-refractivity contribution in [1.82, 2.24) is 0 Å². The first-order chi connectivity index (χ1) is 12.5. The molecule has 0 aliphatic heterocycles. The van der Waals surface area contributed by atoms with Gasteiger partial charge in [-0.2, -0.15) is 5.26 Å². The number of hydrogen-bond acceptors (Lipinski definition) is 6. The third-order valence-corrected chi connectivity index (χ3v) is 3.81. The van der Waals surface area contributed by atoms with Crippen molar-refractivity contribution in [3.05, 3.63) is 69.8 Å². The summed E-state index contributed by atoms with van der Waals surface area (Å²) in [4.78, 5) is 22.9. The van der Waals surface area contributed by atoms with E-state index < -0.39 is 10.8 Å². The summed E-state index contributed by atoms with van der Waals surface area (Å²) < 4.78 is 5.12. The summed E-state index contributed by atoms with van der Waals surface area (Å²) in [7, 11) is 0. The lowest BCUT2D eigenvalue weighted by Crippen LogP contribution is -2.27. The predicted molar refractivity (Wildman–Crippen MR) is 96.6 cm³/mol. The number of carbonyl (C=O) groups is 1. The number of anilines is 1. The summed E-state index contributed by atoms with van der Waals surface area (Å²) in [5.41, 5.74) is 1.23. The second kappa shape index (κ2) is 9.18. The molecule has 2 aromatic carbocycles. The molecule has 2 aromatic rings. The van der Waals surface area contributed by atoms with E-state index in [0.29, 0.717) is 6.42 Å². The molecule has 0 aromatic heterocycles. The van der Waals surface area contributed by atoms with Crippen molar-refractivity contribution in [3.8, 4) is 6.07 Å². The van der Waals surface area contributed by atoms with E-state index in [1.165, 1.54) is 18.2 Å². The topological polar surface area (TPSA) is 105 Å². The van der Waals surface area contributed by atoms with Crippen LogP contribution in [0.4, 0.5) is 11.4 Å². The average molecular weight is 353 g/mol. The van der Waals surface area contributed by atoms with Crippen LogP contribution < -0.4 is 5.32 Å². The standard InChI is InChI=1S/C19H19N3O4/c1-2-26-19(23)16(10-14-6-4-3-5-7-14)13-21-17-9-8-15(12-20)11-18(17)22(24)25/h3-9,11,16,21H,2,10,13H2,1H3. The van der Waals surface area contributed by atoms with Crippen LogP contribution in [0.25, 0.3) is 0 Å². The lowest BCUT2D eigenvalue weighted by atomic mass is 9.99. The van der Waals surface area contributed by atoms with Crippen molar-refractivity contribution in [3.63, 3.8) is 0 Å². The van der Waals surface area contributed by atoms with E-state index >= 15 is 0 Å². The number of carbonyl (C=O) groups excluding carboxylic acids is 1. The van der Waals surface area contributed by atoms with Crippen LogP contribution in [0.5, 0.6) is 0 Å². The van der Waals surface area contributed by atoms with E-state index in [1.54, 1.807) is 6.92 Å². The minimum Gasteiger partial charge on any atom is -0.466 e. The normalized spacial score (nSPS) is 11.2. The van der Waals surface area contributed by atoms with Gasteiger partial charge in [0.2, 0.25) is 0 Å². The maximum absolute atomic E-state index is 12.2. The fourth-order valence-corrected chi connectivity index (χ4v) is 2.53. The molecule has 1 unspecified atom stereocenters. The number of benzene rings is 2. The molecule has 0 bridgehead atoms. The number of ether oxygens (including phenoxy) is 1. The number of nitro groups is 1. The van der Waals surface area contributed by atoms with Crippen LogP contribution in [-0.4, -0.2) is 24.0 Å². The van der Waals surface area contributed by atoms with E-state index in [1.807, 2.05) is 36.4 Å². The molecule has 0 amide bonds. The van der Waals surface area contributed by atoms with Gasteiger partial charge >= 0.3 is 5.97 Å². The second-order valence-corrected chi connectivity index (χ2v) is 5.62. The zero-order valence-corrected chi connectivity index (χ0v) is 14.3. The Morgan fingerprint density at radius 3 is 2.65 bits per heavy atom. The fourth-order valence-electron chi connectivity index (χ4n) is 2.53. The summed E-state index contributed by atoms with van der Waals surface area (Å²) in [6.07, 6.45) is 0.455. The van der Waals surface area contributed by atoms with Crippen molar-refractivity contribution in [2.24, 2.45) is 5.92 Å². The molecule has 0 fully saturated rings. The number of nitrogens with one attached hydrogen (secondary N) is 1. The van der Waals surface area contributed by atoms with Gasteiger partial charge in [-0.25, -0.2) is 0 Å². The average Bonchev–Trinajstić information content (AvgIpc) is 2.65. The van der Waals surface area contributed by atoms with E-state index in [4.69, 9.17) is 10.00 Å². The van der Waals surface area contributed by atoms with Crippen LogP contribution in [0.2, 0.25) is 0 Å². The second-order valence-electron chi connectivity index (χ2n) is 5.62. The zero-order chi connectivity index (χ0) is 18.9. The monoisotopic (exact) mass is 353 g/mol. The zero-order valence-electron chi connectivity index (χ0n) is 14.3. The van der Waals surface area contributed by atoms with Crippen LogP contribution in [0, 0.1) is 27.4 Å². The van der Waals surface area contributed by atoms with Crippen molar-refractivity contribution >= 4 is 17.3 Å². The van der Waals surface area contributed by atoms with Gasteiger partial charge in [0, 0.05) is 12.6 Å². The van der Waals surface area contributed by atoms with Crippen LogP contribution in [0.3, 0.4) is 0 Å². The molecule has 0 spiro atoms. The Labute approximate surface area is 151 Å². The molecule has 0 saturated carbocycles. The molecule has 134 valence electrons. The molecule has 0 aliphatic rings.